The lowest BCUT2D eigenvalue weighted by atomic mass is 9.77. The van der Waals surface area contributed by atoms with E-state index in [-0.39, 0.29) is 0 Å². The Morgan fingerprint density at radius 1 is 0.882 bits per heavy atom. The summed E-state index contributed by atoms with van der Waals surface area (Å²) in [5.74, 6) is 1.70. The van der Waals surface area contributed by atoms with Crippen molar-refractivity contribution in [2.24, 2.45) is 11.8 Å². The average molecular weight is 239 g/mol. The van der Waals surface area contributed by atoms with E-state index in [0.29, 0.717) is 12.1 Å². The fourth-order valence-electron chi connectivity index (χ4n) is 3.66. The highest BCUT2D eigenvalue weighted by Gasteiger charge is 2.32. The zero-order chi connectivity index (χ0) is 12.3. The lowest BCUT2D eigenvalue weighted by molar-refractivity contribution is 0.0297. The Morgan fingerprint density at radius 3 is 2.35 bits per heavy atom. The van der Waals surface area contributed by atoms with Crippen LogP contribution in [0.2, 0.25) is 0 Å². The van der Waals surface area contributed by atoms with Gasteiger partial charge in [-0.05, 0) is 31.1 Å². The molecule has 0 aromatic carbocycles. The summed E-state index contributed by atoms with van der Waals surface area (Å²) >= 11 is 0. The van der Waals surface area contributed by atoms with Crippen molar-refractivity contribution in [1.82, 2.24) is 5.32 Å². The van der Waals surface area contributed by atoms with Crippen molar-refractivity contribution in [3.05, 3.63) is 0 Å². The largest absolute Gasteiger partial charge is 0.380 e. The molecule has 0 radical (unpaired) electrons. The predicted octanol–water partition coefficient (Wildman–Crippen LogP) is 3.36. The van der Waals surface area contributed by atoms with Gasteiger partial charge in [0.25, 0.3) is 0 Å². The maximum absolute atomic E-state index is 5.64. The molecule has 2 nitrogen and oxygen atoms in total. The monoisotopic (exact) mass is 239 g/mol. The molecule has 2 heteroatoms. The SMILES string of the molecule is COC1CCCCC1NC1CCCC(C)C1C. The van der Waals surface area contributed by atoms with Crippen LogP contribution in [0.15, 0.2) is 0 Å². The van der Waals surface area contributed by atoms with Gasteiger partial charge in [0.05, 0.1) is 6.10 Å². The van der Waals surface area contributed by atoms with Crippen LogP contribution in [0.25, 0.3) is 0 Å². The molecule has 0 amide bonds. The maximum atomic E-state index is 5.64. The van der Waals surface area contributed by atoms with Gasteiger partial charge in [-0.15, -0.1) is 0 Å². The van der Waals surface area contributed by atoms with E-state index in [4.69, 9.17) is 4.74 Å². The van der Waals surface area contributed by atoms with Crippen LogP contribution in [-0.2, 0) is 4.74 Å². The molecule has 0 bridgehead atoms. The summed E-state index contributed by atoms with van der Waals surface area (Å²) in [5.41, 5.74) is 0. The molecule has 100 valence electrons. The van der Waals surface area contributed by atoms with Crippen molar-refractivity contribution in [3.8, 4) is 0 Å². The zero-order valence-electron chi connectivity index (χ0n) is 11.7. The number of nitrogens with one attached hydrogen (secondary N) is 1. The molecular formula is C15H29NO. The highest BCUT2D eigenvalue weighted by molar-refractivity contribution is 4.89. The Bertz CT molecular complexity index is 225. The lowest BCUT2D eigenvalue weighted by Crippen LogP contribution is -2.51. The van der Waals surface area contributed by atoms with Crippen LogP contribution in [0.3, 0.4) is 0 Å². The Kier molecular flexibility index (Phi) is 4.87. The first-order valence-corrected chi connectivity index (χ1v) is 7.51. The molecule has 0 aromatic heterocycles. The van der Waals surface area contributed by atoms with Crippen molar-refractivity contribution in [2.45, 2.75) is 77.0 Å². The lowest BCUT2D eigenvalue weighted by Gasteiger charge is -2.40. The molecule has 1 N–H and O–H groups in total. The van der Waals surface area contributed by atoms with Crippen LogP contribution >= 0.6 is 0 Å². The minimum absolute atomic E-state index is 0.452. The second-order valence-corrected chi connectivity index (χ2v) is 6.21. The molecule has 2 aliphatic rings. The van der Waals surface area contributed by atoms with Crippen molar-refractivity contribution < 1.29 is 4.74 Å². The topological polar surface area (TPSA) is 21.3 Å². The van der Waals surface area contributed by atoms with Gasteiger partial charge in [-0.3, -0.25) is 0 Å². The molecule has 2 rings (SSSR count). The maximum Gasteiger partial charge on any atom is 0.0724 e. The van der Waals surface area contributed by atoms with E-state index in [0.717, 1.165) is 17.9 Å². The van der Waals surface area contributed by atoms with Gasteiger partial charge in [0.2, 0.25) is 0 Å². The molecular weight excluding hydrogens is 210 g/mol. The minimum Gasteiger partial charge on any atom is -0.380 e. The van der Waals surface area contributed by atoms with Gasteiger partial charge >= 0.3 is 0 Å². The third kappa shape index (κ3) is 3.23. The zero-order valence-corrected chi connectivity index (χ0v) is 11.7. The van der Waals surface area contributed by atoms with E-state index in [1.807, 2.05) is 7.11 Å². The Balaban J connectivity index is 1.89. The summed E-state index contributed by atoms with van der Waals surface area (Å²) in [7, 11) is 1.87. The smallest absolute Gasteiger partial charge is 0.0724 e. The third-order valence-corrected chi connectivity index (χ3v) is 5.14. The van der Waals surface area contributed by atoms with Crippen molar-refractivity contribution in [1.29, 1.82) is 0 Å². The summed E-state index contributed by atoms with van der Waals surface area (Å²) < 4.78 is 5.64. The Labute approximate surface area is 107 Å². The summed E-state index contributed by atoms with van der Waals surface area (Å²) in [5, 5.41) is 3.91. The molecule has 5 unspecified atom stereocenters. The molecule has 0 spiro atoms. The first-order valence-electron chi connectivity index (χ1n) is 7.51. The highest BCUT2D eigenvalue weighted by Crippen LogP contribution is 2.31. The van der Waals surface area contributed by atoms with E-state index in [1.165, 1.54) is 44.9 Å². The van der Waals surface area contributed by atoms with Crippen LogP contribution in [-0.4, -0.2) is 25.3 Å². The van der Waals surface area contributed by atoms with E-state index in [1.54, 1.807) is 0 Å². The van der Waals surface area contributed by atoms with Crippen LogP contribution in [0.1, 0.15) is 58.8 Å². The molecule has 5 atom stereocenters. The van der Waals surface area contributed by atoms with E-state index in [2.05, 4.69) is 19.2 Å². The summed E-state index contributed by atoms with van der Waals surface area (Å²) in [4.78, 5) is 0. The first kappa shape index (κ1) is 13.4. The summed E-state index contributed by atoms with van der Waals surface area (Å²) in [6.07, 6.45) is 9.87. The first-order chi connectivity index (χ1) is 8.22. The predicted molar refractivity (Wildman–Crippen MR) is 72.2 cm³/mol. The van der Waals surface area contributed by atoms with Gasteiger partial charge in [-0.25, -0.2) is 0 Å². The average Bonchev–Trinajstić information content (AvgIpc) is 2.35. The van der Waals surface area contributed by atoms with Crippen LogP contribution < -0.4 is 5.32 Å². The fourth-order valence-corrected chi connectivity index (χ4v) is 3.66. The Hall–Kier alpha value is -0.0800. The van der Waals surface area contributed by atoms with Gasteiger partial charge in [0.1, 0.15) is 0 Å². The number of hydrogen-bond donors (Lipinski definition) is 1. The van der Waals surface area contributed by atoms with Crippen LogP contribution in [0.5, 0.6) is 0 Å². The van der Waals surface area contributed by atoms with Crippen LogP contribution in [0, 0.1) is 11.8 Å². The van der Waals surface area contributed by atoms with Crippen molar-refractivity contribution in [2.75, 3.05) is 7.11 Å². The van der Waals surface area contributed by atoms with E-state index in [9.17, 15) is 0 Å². The highest BCUT2D eigenvalue weighted by atomic mass is 16.5. The molecule has 0 aromatic rings. The van der Waals surface area contributed by atoms with E-state index >= 15 is 0 Å². The van der Waals surface area contributed by atoms with Gasteiger partial charge in [-0.2, -0.15) is 0 Å². The second-order valence-electron chi connectivity index (χ2n) is 6.21. The van der Waals surface area contributed by atoms with E-state index < -0.39 is 0 Å². The molecule has 0 saturated heterocycles. The van der Waals surface area contributed by atoms with Gasteiger partial charge in [-0.1, -0.05) is 39.5 Å². The van der Waals surface area contributed by atoms with Crippen molar-refractivity contribution in [3.63, 3.8) is 0 Å². The molecule has 2 fully saturated rings. The second kappa shape index (κ2) is 6.19. The van der Waals surface area contributed by atoms with Gasteiger partial charge in [0.15, 0.2) is 0 Å². The number of methoxy groups -OCH3 is 1. The minimum atomic E-state index is 0.452. The molecule has 2 saturated carbocycles. The number of rotatable bonds is 3. The van der Waals surface area contributed by atoms with Crippen LogP contribution in [0.4, 0.5) is 0 Å². The Morgan fingerprint density at radius 2 is 1.59 bits per heavy atom. The summed E-state index contributed by atoms with van der Waals surface area (Å²) in [6, 6.07) is 1.32. The van der Waals surface area contributed by atoms with Gasteiger partial charge < -0.3 is 10.1 Å². The quantitative estimate of drug-likeness (QED) is 0.815. The fraction of sp³-hybridized carbons (Fsp3) is 1.00. The third-order valence-electron chi connectivity index (χ3n) is 5.14. The standard InChI is InChI=1S/C15H29NO/c1-11-7-6-9-13(12(11)2)16-14-8-4-5-10-15(14)17-3/h11-16H,4-10H2,1-3H3. The summed E-state index contributed by atoms with van der Waals surface area (Å²) in [6.45, 7) is 4.83. The molecule has 2 aliphatic carbocycles. The molecule has 0 aliphatic heterocycles. The number of hydrogen-bond acceptors (Lipinski definition) is 2. The number of ether oxygens (including phenoxy) is 1. The van der Waals surface area contributed by atoms with Gasteiger partial charge in [0, 0.05) is 19.2 Å². The molecule has 17 heavy (non-hydrogen) atoms. The molecule has 0 heterocycles. The normalized spacial score (nSPS) is 43.6. The van der Waals surface area contributed by atoms with Crippen molar-refractivity contribution >= 4 is 0 Å².